The summed E-state index contributed by atoms with van der Waals surface area (Å²) < 4.78 is 21.6. The van der Waals surface area contributed by atoms with E-state index in [1.54, 1.807) is 11.3 Å². The van der Waals surface area contributed by atoms with Crippen molar-refractivity contribution in [3.63, 3.8) is 0 Å². The summed E-state index contributed by atoms with van der Waals surface area (Å²) in [6.07, 6.45) is 1.91. The number of thiophene rings is 1. The van der Waals surface area contributed by atoms with Gasteiger partial charge in [-0.05, 0) is 19.0 Å². The number of sulfone groups is 1. The summed E-state index contributed by atoms with van der Waals surface area (Å²) in [6, 6.07) is 1.91. The first-order valence-corrected chi connectivity index (χ1v) is 7.90. The molecule has 0 radical (unpaired) electrons. The second-order valence-electron chi connectivity index (χ2n) is 3.39. The van der Waals surface area contributed by atoms with E-state index in [2.05, 4.69) is 5.32 Å². The SMILES string of the molecule is CS(=O)(=O)CCCNCc1cc(Cl)cs1. The maximum absolute atomic E-state index is 10.8. The van der Waals surface area contributed by atoms with Crippen molar-refractivity contribution in [2.24, 2.45) is 0 Å². The van der Waals surface area contributed by atoms with Crippen LogP contribution in [0.4, 0.5) is 0 Å². The molecule has 1 heterocycles. The quantitative estimate of drug-likeness (QED) is 0.801. The van der Waals surface area contributed by atoms with Crippen molar-refractivity contribution in [2.75, 3.05) is 18.6 Å². The summed E-state index contributed by atoms with van der Waals surface area (Å²) in [6.45, 7) is 1.46. The van der Waals surface area contributed by atoms with Crippen LogP contribution in [0.2, 0.25) is 5.02 Å². The van der Waals surface area contributed by atoms with Crippen LogP contribution in [0.3, 0.4) is 0 Å². The zero-order valence-corrected chi connectivity index (χ0v) is 10.9. The minimum absolute atomic E-state index is 0.241. The van der Waals surface area contributed by atoms with E-state index in [0.717, 1.165) is 11.6 Å². The number of halogens is 1. The lowest BCUT2D eigenvalue weighted by atomic mass is 10.4. The van der Waals surface area contributed by atoms with Crippen molar-refractivity contribution in [2.45, 2.75) is 13.0 Å². The molecule has 0 aliphatic rings. The number of rotatable bonds is 6. The monoisotopic (exact) mass is 267 g/mol. The highest BCUT2D eigenvalue weighted by Crippen LogP contribution is 2.18. The average molecular weight is 268 g/mol. The molecule has 0 bridgehead atoms. The molecule has 0 unspecified atom stereocenters. The van der Waals surface area contributed by atoms with E-state index in [4.69, 9.17) is 11.6 Å². The molecule has 0 spiro atoms. The lowest BCUT2D eigenvalue weighted by Gasteiger charge is -2.01. The molecule has 0 saturated carbocycles. The molecule has 0 atom stereocenters. The topological polar surface area (TPSA) is 46.2 Å². The van der Waals surface area contributed by atoms with E-state index in [-0.39, 0.29) is 5.75 Å². The third kappa shape index (κ3) is 6.14. The van der Waals surface area contributed by atoms with Crippen LogP contribution in [0.15, 0.2) is 11.4 Å². The Balaban J connectivity index is 2.12. The molecule has 1 rings (SSSR count). The lowest BCUT2D eigenvalue weighted by molar-refractivity contribution is 0.594. The van der Waals surface area contributed by atoms with Gasteiger partial charge in [0.05, 0.1) is 10.8 Å². The Bertz CT molecular complexity index is 400. The van der Waals surface area contributed by atoms with E-state index in [1.165, 1.54) is 11.1 Å². The van der Waals surface area contributed by atoms with Crippen molar-refractivity contribution < 1.29 is 8.42 Å². The predicted octanol–water partition coefficient (Wildman–Crippen LogP) is 1.93. The lowest BCUT2D eigenvalue weighted by Crippen LogP contribution is -2.17. The summed E-state index contributed by atoms with van der Waals surface area (Å²) in [5.41, 5.74) is 0. The molecule has 6 heteroatoms. The minimum atomic E-state index is -2.82. The molecule has 1 N–H and O–H groups in total. The van der Waals surface area contributed by atoms with Crippen molar-refractivity contribution in [3.05, 3.63) is 21.3 Å². The zero-order chi connectivity index (χ0) is 11.3. The fourth-order valence-corrected chi connectivity index (χ4v) is 2.83. The van der Waals surface area contributed by atoms with Crippen molar-refractivity contribution >= 4 is 32.8 Å². The highest BCUT2D eigenvalue weighted by Gasteiger charge is 2.01. The van der Waals surface area contributed by atoms with Crippen LogP contribution in [0.25, 0.3) is 0 Å². The van der Waals surface area contributed by atoms with Crippen LogP contribution in [0.5, 0.6) is 0 Å². The minimum Gasteiger partial charge on any atom is -0.312 e. The highest BCUT2D eigenvalue weighted by atomic mass is 35.5. The number of hydrogen-bond donors (Lipinski definition) is 1. The largest absolute Gasteiger partial charge is 0.312 e. The van der Waals surface area contributed by atoms with Crippen LogP contribution in [0.1, 0.15) is 11.3 Å². The molecule has 0 aromatic carbocycles. The van der Waals surface area contributed by atoms with Gasteiger partial charge in [-0.1, -0.05) is 11.6 Å². The van der Waals surface area contributed by atoms with E-state index in [0.29, 0.717) is 13.0 Å². The summed E-state index contributed by atoms with van der Waals surface area (Å²) in [5.74, 6) is 0.241. The van der Waals surface area contributed by atoms with Gasteiger partial charge in [0.1, 0.15) is 9.84 Å². The maximum atomic E-state index is 10.8. The Morgan fingerprint density at radius 2 is 2.27 bits per heavy atom. The molecule has 1 aromatic heterocycles. The Hall–Kier alpha value is -0.100. The third-order valence-electron chi connectivity index (χ3n) is 1.79. The first-order chi connectivity index (χ1) is 6.97. The van der Waals surface area contributed by atoms with Gasteiger partial charge in [0, 0.05) is 23.1 Å². The van der Waals surface area contributed by atoms with Crippen LogP contribution in [0, 0.1) is 0 Å². The molecule has 0 saturated heterocycles. The standard InChI is InChI=1S/C9H14ClNO2S2/c1-15(12,13)4-2-3-11-6-9-5-8(10)7-14-9/h5,7,11H,2-4,6H2,1H3. The van der Waals surface area contributed by atoms with Crippen LogP contribution in [-0.4, -0.2) is 27.0 Å². The van der Waals surface area contributed by atoms with Gasteiger partial charge >= 0.3 is 0 Å². The van der Waals surface area contributed by atoms with Crippen LogP contribution < -0.4 is 5.32 Å². The fraction of sp³-hybridized carbons (Fsp3) is 0.556. The molecule has 0 amide bonds. The molecule has 15 heavy (non-hydrogen) atoms. The molecule has 3 nitrogen and oxygen atoms in total. The van der Waals surface area contributed by atoms with E-state index in [9.17, 15) is 8.42 Å². The second-order valence-corrected chi connectivity index (χ2v) is 7.08. The van der Waals surface area contributed by atoms with Crippen LogP contribution in [-0.2, 0) is 16.4 Å². The third-order valence-corrected chi connectivity index (χ3v) is 4.10. The van der Waals surface area contributed by atoms with Gasteiger partial charge in [-0.2, -0.15) is 0 Å². The van der Waals surface area contributed by atoms with Gasteiger partial charge in [0.25, 0.3) is 0 Å². The zero-order valence-electron chi connectivity index (χ0n) is 8.49. The van der Waals surface area contributed by atoms with Crippen LogP contribution >= 0.6 is 22.9 Å². The Morgan fingerprint density at radius 3 is 2.80 bits per heavy atom. The number of nitrogens with one attached hydrogen (secondary N) is 1. The van der Waals surface area contributed by atoms with Gasteiger partial charge in [-0.3, -0.25) is 0 Å². The van der Waals surface area contributed by atoms with E-state index in [1.807, 2.05) is 11.4 Å². The molecule has 0 aliphatic heterocycles. The smallest absolute Gasteiger partial charge is 0.147 e. The van der Waals surface area contributed by atoms with Gasteiger partial charge in [0.15, 0.2) is 0 Å². The molecular formula is C9H14ClNO2S2. The summed E-state index contributed by atoms with van der Waals surface area (Å²) >= 11 is 7.36. The normalized spacial score (nSPS) is 11.9. The van der Waals surface area contributed by atoms with E-state index >= 15 is 0 Å². The number of hydrogen-bond acceptors (Lipinski definition) is 4. The molecule has 0 aliphatic carbocycles. The Kier molecular flexibility index (Phi) is 5.05. The molecular weight excluding hydrogens is 254 g/mol. The molecule has 1 aromatic rings. The highest BCUT2D eigenvalue weighted by molar-refractivity contribution is 7.90. The van der Waals surface area contributed by atoms with Gasteiger partial charge in [-0.15, -0.1) is 11.3 Å². The van der Waals surface area contributed by atoms with Gasteiger partial charge < -0.3 is 5.32 Å². The van der Waals surface area contributed by atoms with E-state index < -0.39 is 9.84 Å². The molecule has 0 fully saturated rings. The summed E-state index contributed by atoms with van der Waals surface area (Å²) in [4.78, 5) is 1.17. The molecule has 86 valence electrons. The fourth-order valence-electron chi connectivity index (χ4n) is 1.12. The summed E-state index contributed by atoms with van der Waals surface area (Å²) in [7, 11) is -2.82. The summed E-state index contributed by atoms with van der Waals surface area (Å²) in [5, 5.41) is 5.82. The Labute approximate surface area is 99.4 Å². The van der Waals surface area contributed by atoms with Gasteiger partial charge in [-0.25, -0.2) is 8.42 Å². The van der Waals surface area contributed by atoms with Crippen molar-refractivity contribution in [1.82, 2.24) is 5.32 Å². The van der Waals surface area contributed by atoms with Crippen molar-refractivity contribution in [1.29, 1.82) is 0 Å². The maximum Gasteiger partial charge on any atom is 0.147 e. The Morgan fingerprint density at radius 1 is 1.53 bits per heavy atom. The second kappa shape index (κ2) is 5.84. The van der Waals surface area contributed by atoms with Crippen molar-refractivity contribution in [3.8, 4) is 0 Å². The predicted molar refractivity (Wildman–Crippen MR) is 65.4 cm³/mol. The first kappa shape index (κ1) is 13.0. The average Bonchev–Trinajstić information content (AvgIpc) is 2.49. The van der Waals surface area contributed by atoms with Gasteiger partial charge in [0.2, 0.25) is 0 Å². The first-order valence-electron chi connectivity index (χ1n) is 4.59.